The number of halogens is 1. The summed E-state index contributed by atoms with van der Waals surface area (Å²) in [6, 6.07) is 2.09. The van der Waals surface area contributed by atoms with Gasteiger partial charge in [-0.3, -0.25) is 0 Å². The van der Waals surface area contributed by atoms with Crippen LogP contribution in [0.15, 0.2) is 16.7 Å². The summed E-state index contributed by atoms with van der Waals surface area (Å²) in [7, 11) is 0. The lowest BCUT2D eigenvalue weighted by atomic mass is 10.2. The first kappa shape index (κ1) is 14.8. The van der Waals surface area contributed by atoms with E-state index in [-0.39, 0.29) is 0 Å². The van der Waals surface area contributed by atoms with Crippen LogP contribution < -0.4 is 10.1 Å². The van der Waals surface area contributed by atoms with Gasteiger partial charge >= 0.3 is 0 Å². The van der Waals surface area contributed by atoms with Crippen LogP contribution in [-0.2, 0) is 6.54 Å². The van der Waals surface area contributed by atoms with Crippen molar-refractivity contribution in [3.05, 3.63) is 22.3 Å². The number of pyridine rings is 1. The van der Waals surface area contributed by atoms with Crippen molar-refractivity contribution < 1.29 is 4.74 Å². The minimum Gasteiger partial charge on any atom is -0.477 e. The Bertz CT molecular complexity index is 405. The molecule has 0 unspecified atom stereocenters. The molecule has 1 heterocycles. The first-order valence-electron chi connectivity index (χ1n) is 7.13. The number of nitrogens with zero attached hydrogens (tertiary/aromatic N) is 1. The van der Waals surface area contributed by atoms with Gasteiger partial charge in [-0.25, -0.2) is 4.98 Å². The van der Waals surface area contributed by atoms with Crippen molar-refractivity contribution in [1.29, 1.82) is 0 Å². The molecule has 1 saturated carbocycles. The van der Waals surface area contributed by atoms with E-state index in [4.69, 9.17) is 4.74 Å². The fourth-order valence-corrected chi connectivity index (χ4v) is 2.33. The molecule has 1 fully saturated rings. The summed E-state index contributed by atoms with van der Waals surface area (Å²) in [5.41, 5.74) is 1.13. The van der Waals surface area contributed by atoms with Gasteiger partial charge in [0.1, 0.15) is 0 Å². The Balaban J connectivity index is 1.87. The molecule has 1 aliphatic rings. The van der Waals surface area contributed by atoms with E-state index in [0.717, 1.165) is 48.0 Å². The molecule has 1 N–H and O–H groups in total. The zero-order chi connectivity index (χ0) is 13.7. The van der Waals surface area contributed by atoms with Gasteiger partial charge in [0.05, 0.1) is 6.61 Å². The molecule has 0 spiro atoms. The van der Waals surface area contributed by atoms with Crippen molar-refractivity contribution in [3.63, 3.8) is 0 Å². The largest absolute Gasteiger partial charge is 0.477 e. The van der Waals surface area contributed by atoms with E-state index in [1.54, 1.807) is 6.20 Å². The van der Waals surface area contributed by atoms with E-state index in [1.165, 1.54) is 12.8 Å². The number of nitrogens with one attached hydrogen (secondary N) is 1. The van der Waals surface area contributed by atoms with Crippen LogP contribution in [0.4, 0.5) is 0 Å². The minimum atomic E-state index is 0.652. The highest BCUT2D eigenvalue weighted by Crippen LogP contribution is 2.32. The number of hydrogen-bond donors (Lipinski definition) is 1. The van der Waals surface area contributed by atoms with Crippen molar-refractivity contribution >= 4 is 15.9 Å². The summed E-state index contributed by atoms with van der Waals surface area (Å²) in [6.07, 6.45) is 5.72. The summed E-state index contributed by atoms with van der Waals surface area (Å²) < 4.78 is 6.83. The van der Waals surface area contributed by atoms with Crippen molar-refractivity contribution in [2.45, 2.75) is 39.7 Å². The maximum absolute atomic E-state index is 5.83. The number of rotatable bonds is 8. The lowest BCUT2D eigenvalue weighted by Gasteiger charge is -2.12. The molecule has 0 aliphatic heterocycles. The standard InChI is InChI=1S/C15H23BrN2O/c1-11(2)8-17-9-13-7-14(16)10-18-15(13)19-6-5-12-3-4-12/h7,10-12,17H,3-6,8-9H2,1-2H3. The van der Waals surface area contributed by atoms with E-state index in [9.17, 15) is 0 Å². The highest BCUT2D eigenvalue weighted by Gasteiger charge is 2.21. The summed E-state index contributed by atoms with van der Waals surface area (Å²) in [5, 5.41) is 3.44. The Morgan fingerprint density at radius 1 is 1.47 bits per heavy atom. The van der Waals surface area contributed by atoms with Gasteiger partial charge in [-0.2, -0.15) is 0 Å². The minimum absolute atomic E-state index is 0.652. The normalized spacial score (nSPS) is 14.9. The van der Waals surface area contributed by atoms with E-state index in [1.807, 2.05) is 0 Å². The van der Waals surface area contributed by atoms with Crippen LogP contribution in [-0.4, -0.2) is 18.1 Å². The fraction of sp³-hybridized carbons (Fsp3) is 0.667. The predicted octanol–water partition coefficient (Wildman–Crippen LogP) is 3.77. The van der Waals surface area contributed by atoms with Gasteiger partial charge in [-0.05, 0) is 46.8 Å². The zero-order valence-corrected chi connectivity index (χ0v) is 13.4. The number of ether oxygens (including phenoxy) is 1. The highest BCUT2D eigenvalue weighted by atomic mass is 79.9. The van der Waals surface area contributed by atoms with Crippen LogP contribution in [0.25, 0.3) is 0 Å². The third-order valence-corrected chi connectivity index (χ3v) is 3.66. The zero-order valence-electron chi connectivity index (χ0n) is 11.8. The maximum Gasteiger partial charge on any atom is 0.217 e. The van der Waals surface area contributed by atoms with Gasteiger partial charge in [0, 0.05) is 22.8 Å². The van der Waals surface area contributed by atoms with Gasteiger partial charge in [0.25, 0.3) is 0 Å². The van der Waals surface area contributed by atoms with Crippen LogP contribution in [0.5, 0.6) is 5.88 Å². The molecular weight excluding hydrogens is 304 g/mol. The fourth-order valence-electron chi connectivity index (χ4n) is 1.95. The molecule has 0 saturated heterocycles. The molecule has 1 aromatic rings. The Kier molecular flexibility index (Phi) is 5.64. The van der Waals surface area contributed by atoms with Crippen molar-refractivity contribution in [1.82, 2.24) is 10.3 Å². The first-order valence-corrected chi connectivity index (χ1v) is 7.92. The molecule has 0 amide bonds. The second kappa shape index (κ2) is 7.25. The second-order valence-electron chi connectivity index (χ2n) is 5.72. The molecule has 1 aromatic heterocycles. The molecule has 0 bridgehead atoms. The predicted molar refractivity (Wildman–Crippen MR) is 81.3 cm³/mol. The Morgan fingerprint density at radius 3 is 2.95 bits per heavy atom. The Labute approximate surface area is 124 Å². The van der Waals surface area contributed by atoms with Gasteiger partial charge < -0.3 is 10.1 Å². The lowest BCUT2D eigenvalue weighted by Crippen LogP contribution is -2.19. The highest BCUT2D eigenvalue weighted by molar-refractivity contribution is 9.10. The van der Waals surface area contributed by atoms with Crippen LogP contribution in [0, 0.1) is 11.8 Å². The van der Waals surface area contributed by atoms with Gasteiger partial charge in [-0.15, -0.1) is 0 Å². The number of aromatic nitrogens is 1. The maximum atomic E-state index is 5.83. The summed E-state index contributed by atoms with van der Waals surface area (Å²) in [4.78, 5) is 4.38. The molecule has 4 heteroatoms. The summed E-state index contributed by atoms with van der Waals surface area (Å²) >= 11 is 3.47. The molecular formula is C15H23BrN2O. The van der Waals surface area contributed by atoms with E-state index < -0.39 is 0 Å². The topological polar surface area (TPSA) is 34.2 Å². The van der Waals surface area contributed by atoms with Crippen molar-refractivity contribution in [2.75, 3.05) is 13.2 Å². The van der Waals surface area contributed by atoms with Crippen molar-refractivity contribution in [3.8, 4) is 5.88 Å². The van der Waals surface area contributed by atoms with E-state index >= 15 is 0 Å². The van der Waals surface area contributed by atoms with Crippen LogP contribution in [0.2, 0.25) is 0 Å². The van der Waals surface area contributed by atoms with E-state index in [2.05, 4.69) is 46.1 Å². The molecule has 0 aromatic carbocycles. The summed E-state index contributed by atoms with van der Waals surface area (Å²) in [6.45, 7) is 7.02. The monoisotopic (exact) mass is 326 g/mol. The van der Waals surface area contributed by atoms with Crippen LogP contribution in [0.3, 0.4) is 0 Å². The molecule has 3 nitrogen and oxygen atoms in total. The second-order valence-corrected chi connectivity index (χ2v) is 6.64. The smallest absolute Gasteiger partial charge is 0.217 e. The SMILES string of the molecule is CC(C)CNCc1cc(Br)cnc1OCCC1CC1. The summed E-state index contributed by atoms with van der Waals surface area (Å²) in [5.74, 6) is 2.33. The molecule has 2 rings (SSSR count). The third kappa shape index (κ3) is 5.49. The average Bonchev–Trinajstić information content (AvgIpc) is 3.15. The lowest BCUT2D eigenvalue weighted by molar-refractivity contribution is 0.287. The molecule has 106 valence electrons. The van der Waals surface area contributed by atoms with Gasteiger partial charge in [-0.1, -0.05) is 26.7 Å². The number of hydrogen-bond acceptors (Lipinski definition) is 3. The third-order valence-electron chi connectivity index (χ3n) is 3.22. The van der Waals surface area contributed by atoms with Crippen LogP contribution in [0.1, 0.15) is 38.7 Å². The first-order chi connectivity index (χ1) is 9.15. The Hall–Kier alpha value is -0.610. The van der Waals surface area contributed by atoms with Gasteiger partial charge in [0.2, 0.25) is 5.88 Å². The van der Waals surface area contributed by atoms with Crippen LogP contribution >= 0.6 is 15.9 Å². The molecule has 19 heavy (non-hydrogen) atoms. The quantitative estimate of drug-likeness (QED) is 0.789. The Morgan fingerprint density at radius 2 is 2.26 bits per heavy atom. The van der Waals surface area contributed by atoms with E-state index in [0.29, 0.717) is 5.92 Å². The van der Waals surface area contributed by atoms with Gasteiger partial charge in [0.15, 0.2) is 0 Å². The average molecular weight is 327 g/mol. The molecule has 1 aliphatic carbocycles. The molecule has 0 radical (unpaired) electrons. The molecule has 0 atom stereocenters. The van der Waals surface area contributed by atoms with Crippen molar-refractivity contribution in [2.24, 2.45) is 11.8 Å².